The second-order valence-corrected chi connectivity index (χ2v) is 6.17. The molecule has 23 heavy (non-hydrogen) atoms. The van der Waals surface area contributed by atoms with Crippen molar-refractivity contribution < 1.29 is 17.9 Å². The molecule has 0 saturated carbocycles. The number of ether oxygens (including phenoxy) is 1. The molecule has 3 N–H and O–H groups in total. The van der Waals surface area contributed by atoms with Gasteiger partial charge in [0.25, 0.3) is 0 Å². The fraction of sp³-hybridized carbons (Fsp3) is 0.0625. The number of primary sulfonamides is 1. The molecular formula is C16H16N2O4S. The van der Waals surface area contributed by atoms with Crippen molar-refractivity contribution in [2.45, 2.75) is 4.90 Å². The van der Waals surface area contributed by atoms with E-state index in [1.54, 1.807) is 6.08 Å². The van der Waals surface area contributed by atoms with Gasteiger partial charge in [-0.05, 0) is 29.8 Å². The Balaban J connectivity index is 2.17. The van der Waals surface area contributed by atoms with Crippen molar-refractivity contribution in [2.75, 3.05) is 12.4 Å². The average molecular weight is 332 g/mol. The Morgan fingerprint density at radius 3 is 2.48 bits per heavy atom. The Morgan fingerprint density at radius 1 is 1.17 bits per heavy atom. The number of carbonyl (C=O) groups excluding carboxylic acids is 1. The van der Waals surface area contributed by atoms with Gasteiger partial charge in [0.2, 0.25) is 15.9 Å². The van der Waals surface area contributed by atoms with Crippen LogP contribution in [-0.4, -0.2) is 21.4 Å². The third-order valence-corrected chi connectivity index (χ3v) is 3.90. The highest BCUT2D eigenvalue weighted by Gasteiger charge is 2.16. The number of carbonyl (C=O) groups is 1. The van der Waals surface area contributed by atoms with Crippen molar-refractivity contribution >= 4 is 27.7 Å². The molecule has 0 unspecified atom stereocenters. The Labute approximate surface area is 134 Å². The van der Waals surface area contributed by atoms with Crippen molar-refractivity contribution in [3.8, 4) is 5.75 Å². The van der Waals surface area contributed by atoms with Gasteiger partial charge in [-0.15, -0.1) is 0 Å². The van der Waals surface area contributed by atoms with Crippen molar-refractivity contribution in [1.29, 1.82) is 0 Å². The highest BCUT2D eigenvalue weighted by molar-refractivity contribution is 7.89. The molecule has 0 saturated heterocycles. The van der Waals surface area contributed by atoms with Crippen LogP contribution in [0.3, 0.4) is 0 Å². The first kappa shape index (κ1) is 16.7. The van der Waals surface area contributed by atoms with Gasteiger partial charge >= 0.3 is 0 Å². The predicted molar refractivity (Wildman–Crippen MR) is 88.5 cm³/mol. The maximum absolute atomic E-state index is 11.9. The number of nitrogens with two attached hydrogens (primary N) is 1. The van der Waals surface area contributed by atoms with Gasteiger partial charge in [-0.25, -0.2) is 13.6 Å². The summed E-state index contributed by atoms with van der Waals surface area (Å²) in [6.07, 6.45) is 3.01. The van der Waals surface area contributed by atoms with Crippen LogP contribution < -0.4 is 15.2 Å². The lowest BCUT2D eigenvalue weighted by Crippen LogP contribution is -2.15. The summed E-state index contributed by atoms with van der Waals surface area (Å²) in [5, 5.41) is 7.71. The van der Waals surface area contributed by atoms with Crippen LogP contribution in [0, 0.1) is 0 Å². The summed E-state index contributed by atoms with van der Waals surface area (Å²) in [7, 11) is -2.62. The van der Waals surface area contributed by atoms with E-state index in [0.717, 1.165) is 5.56 Å². The van der Waals surface area contributed by atoms with Gasteiger partial charge in [-0.1, -0.05) is 30.3 Å². The van der Waals surface area contributed by atoms with Crippen LogP contribution >= 0.6 is 0 Å². The number of hydrogen-bond donors (Lipinski definition) is 2. The lowest BCUT2D eigenvalue weighted by atomic mass is 10.2. The number of sulfonamides is 1. The molecule has 1 amide bonds. The fourth-order valence-electron chi connectivity index (χ4n) is 1.90. The highest BCUT2D eigenvalue weighted by atomic mass is 32.2. The molecule has 2 aromatic carbocycles. The summed E-state index contributed by atoms with van der Waals surface area (Å²) in [4.78, 5) is 11.7. The largest absolute Gasteiger partial charge is 0.495 e. The molecule has 0 spiro atoms. The normalized spacial score (nSPS) is 11.4. The SMILES string of the molecule is COc1ccc(NC(=O)/C=C/c2ccccc2)cc1S(N)(=O)=O. The summed E-state index contributed by atoms with van der Waals surface area (Å²) in [6.45, 7) is 0. The Morgan fingerprint density at radius 2 is 1.87 bits per heavy atom. The lowest BCUT2D eigenvalue weighted by molar-refractivity contribution is -0.111. The van der Waals surface area contributed by atoms with E-state index in [1.165, 1.54) is 31.4 Å². The first-order valence-corrected chi connectivity index (χ1v) is 8.20. The first-order chi connectivity index (χ1) is 10.9. The molecule has 0 atom stereocenters. The van der Waals surface area contributed by atoms with Gasteiger partial charge in [-0.3, -0.25) is 4.79 Å². The summed E-state index contributed by atoms with van der Waals surface area (Å²) >= 11 is 0. The number of anilines is 1. The van der Waals surface area contributed by atoms with Crippen molar-refractivity contribution in [3.05, 3.63) is 60.2 Å². The van der Waals surface area contributed by atoms with Crippen LogP contribution in [0.5, 0.6) is 5.75 Å². The van der Waals surface area contributed by atoms with Gasteiger partial charge in [0.1, 0.15) is 10.6 Å². The second kappa shape index (κ2) is 7.08. The summed E-state index contributed by atoms with van der Waals surface area (Å²) in [5.74, 6) is -0.273. The van der Waals surface area contributed by atoms with Gasteiger partial charge in [0, 0.05) is 11.8 Å². The van der Waals surface area contributed by atoms with Crippen LogP contribution in [0.2, 0.25) is 0 Å². The summed E-state index contributed by atoms with van der Waals surface area (Å²) in [5.41, 5.74) is 1.18. The lowest BCUT2D eigenvalue weighted by Gasteiger charge is -2.09. The topological polar surface area (TPSA) is 98.5 Å². The van der Waals surface area contributed by atoms with E-state index in [2.05, 4.69) is 5.32 Å². The standard InChI is InChI=1S/C16H16N2O4S/c1-22-14-9-8-13(11-15(14)23(17,20)21)18-16(19)10-7-12-5-3-2-4-6-12/h2-11H,1H3,(H,18,19)(H2,17,20,21)/b10-7+. The van der Waals surface area contributed by atoms with Crippen molar-refractivity contribution in [1.82, 2.24) is 0 Å². The minimum absolute atomic E-state index is 0.116. The minimum Gasteiger partial charge on any atom is -0.495 e. The van der Waals surface area contributed by atoms with E-state index < -0.39 is 10.0 Å². The van der Waals surface area contributed by atoms with Gasteiger partial charge in [0.05, 0.1) is 7.11 Å². The molecule has 2 rings (SSSR count). The first-order valence-electron chi connectivity index (χ1n) is 6.65. The van der Waals surface area contributed by atoms with Crippen LogP contribution in [-0.2, 0) is 14.8 Å². The molecule has 0 heterocycles. The Kier molecular flexibility index (Phi) is 5.15. The van der Waals surface area contributed by atoms with E-state index in [0.29, 0.717) is 5.69 Å². The molecule has 0 aliphatic carbocycles. The number of benzene rings is 2. The number of rotatable bonds is 5. The van der Waals surface area contributed by atoms with Crippen LogP contribution in [0.15, 0.2) is 59.5 Å². The molecule has 7 heteroatoms. The molecular weight excluding hydrogens is 316 g/mol. The number of amides is 1. The van der Waals surface area contributed by atoms with Gasteiger partial charge < -0.3 is 10.1 Å². The van der Waals surface area contributed by atoms with Crippen LogP contribution in [0.1, 0.15) is 5.56 Å². The molecule has 0 fully saturated rings. The van der Waals surface area contributed by atoms with E-state index in [4.69, 9.17) is 9.88 Å². The predicted octanol–water partition coefficient (Wildman–Crippen LogP) is 1.99. The zero-order valence-electron chi connectivity index (χ0n) is 12.4. The van der Waals surface area contributed by atoms with E-state index in [1.807, 2.05) is 30.3 Å². The van der Waals surface area contributed by atoms with E-state index in [9.17, 15) is 13.2 Å². The van der Waals surface area contributed by atoms with Crippen molar-refractivity contribution in [3.63, 3.8) is 0 Å². The molecule has 2 aromatic rings. The maximum atomic E-state index is 11.9. The van der Waals surface area contributed by atoms with Crippen LogP contribution in [0.4, 0.5) is 5.69 Å². The monoisotopic (exact) mass is 332 g/mol. The van der Waals surface area contributed by atoms with Crippen molar-refractivity contribution in [2.24, 2.45) is 5.14 Å². The van der Waals surface area contributed by atoms with E-state index >= 15 is 0 Å². The van der Waals surface area contributed by atoms with Gasteiger partial charge in [0.15, 0.2) is 0 Å². The van der Waals surface area contributed by atoms with E-state index in [-0.39, 0.29) is 16.6 Å². The summed E-state index contributed by atoms with van der Waals surface area (Å²) < 4.78 is 28.0. The molecule has 0 bridgehead atoms. The number of hydrogen-bond acceptors (Lipinski definition) is 4. The Bertz CT molecular complexity index is 830. The molecule has 0 aromatic heterocycles. The average Bonchev–Trinajstić information content (AvgIpc) is 2.53. The fourth-order valence-corrected chi connectivity index (χ4v) is 2.62. The Hall–Kier alpha value is -2.64. The van der Waals surface area contributed by atoms with Crippen LogP contribution in [0.25, 0.3) is 6.08 Å². The molecule has 0 aliphatic heterocycles. The third-order valence-electron chi connectivity index (χ3n) is 2.96. The smallest absolute Gasteiger partial charge is 0.248 e. The zero-order valence-corrected chi connectivity index (χ0v) is 13.2. The van der Waals surface area contributed by atoms with Gasteiger partial charge in [-0.2, -0.15) is 0 Å². The quantitative estimate of drug-likeness (QED) is 0.818. The molecule has 0 radical (unpaired) electrons. The number of nitrogens with one attached hydrogen (secondary N) is 1. The molecule has 0 aliphatic rings. The third kappa shape index (κ3) is 4.67. The number of methoxy groups -OCH3 is 1. The zero-order chi connectivity index (χ0) is 16.9. The summed E-state index contributed by atoms with van der Waals surface area (Å²) in [6, 6.07) is 13.5. The second-order valence-electron chi connectivity index (χ2n) is 4.64. The highest BCUT2D eigenvalue weighted by Crippen LogP contribution is 2.26. The molecule has 120 valence electrons. The minimum atomic E-state index is -3.95. The maximum Gasteiger partial charge on any atom is 0.248 e. The molecule has 6 nitrogen and oxygen atoms in total.